The summed E-state index contributed by atoms with van der Waals surface area (Å²) in [6.07, 6.45) is 0. The summed E-state index contributed by atoms with van der Waals surface area (Å²) >= 11 is 0. The first-order valence-corrected chi connectivity index (χ1v) is 8.06. The first-order valence-electron chi connectivity index (χ1n) is 6.62. The zero-order valence-corrected chi connectivity index (χ0v) is 13.4. The lowest BCUT2D eigenvalue weighted by atomic mass is 10.1. The Balaban J connectivity index is 2.42. The lowest BCUT2D eigenvalue weighted by Crippen LogP contribution is -2.26. The molecular weight excluding hydrogens is 302 g/mol. The number of hydrogen-bond donors (Lipinski definition) is 1. The number of sulfonamides is 1. The van der Waals surface area contributed by atoms with Crippen LogP contribution < -0.4 is 4.31 Å². The quantitative estimate of drug-likeness (QED) is 0.940. The van der Waals surface area contributed by atoms with Crippen LogP contribution in [0.4, 0.5) is 5.69 Å². The highest BCUT2D eigenvalue weighted by Gasteiger charge is 2.22. The number of benzene rings is 2. The van der Waals surface area contributed by atoms with Gasteiger partial charge in [-0.1, -0.05) is 6.07 Å². The van der Waals surface area contributed by atoms with Crippen LogP contribution in [0.25, 0.3) is 0 Å². The third-order valence-electron chi connectivity index (χ3n) is 3.33. The minimum absolute atomic E-state index is 0.0491. The largest absolute Gasteiger partial charge is 0.478 e. The molecule has 2 aromatic rings. The van der Waals surface area contributed by atoms with Gasteiger partial charge in [0.15, 0.2) is 0 Å². The van der Waals surface area contributed by atoms with Gasteiger partial charge in [0.1, 0.15) is 0 Å². The minimum atomic E-state index is -3.73. The van der Waals surface area contributed by atoms with Crippen molar-refractivity contribution in [2.75, 3.05) is 11.4 Å². The topological polar surface area (TPSA) is 74.7 Å². The fourth-order valence-corrected chi connectivity index (χ4v) is 3.38. The maximum atomic E-state index is 12.6. The molecule has 2 aromatic carbocycles. The van der Waals surface area contributed by atoms with Gasteiger partial charge in [0.25, 0.3) is 10.0 Å². The van der Waals surface area contributed by atoms with E-state index in [9.17, 15) is 13.2 Å². The average Bonchev–Trinajstić information content (AvgIpc) is 2.45. The van der Waals surface area contributed by atoms with Crippen molar-refractivity contribution in [1.82, 2.24) is 0 Å². The molecule has 0 aromatic heterocycles. The summed E-state index contributed by atoms with van der Waals surface area (Å²) in [4.78, 5) is 10.9. The van der Waals surface area contributed by atoms with E-state index in [-0.39, 0.29) is 10.5 Å². The molecule has 1 N–H and O–H groups in total. The summed E-state index contributed by atoms with van der Waals surface area (Å²) in [5, 5.41) is 8.87. The van der Waals surface area contributed by atoms with Gasteiger partial charge in [0.2, 0.25) is 0 Å². The van der Waals surface area contributed by atoms with E-state index < -0.39 is 16.0 Å². The molecule has 0 bridgehead atoms. The molecule has 0 atom stereocenters. The summed E-state index contributed by atoms with van der Waals surface area (Å²) in [5.41, 5.74) is 2.56. The number of anilines is 1. The molecule has 116 valence electrons. The number of rotatable bonds is 4. The molecule has 0 spiro atoms. The first kappa shape index (κ1) is 16.0. The van der Waals surface area contributed by atoms with Gasteiger partial charge in [-0.3, -0.25) is 4.31 Å². The maximum absolute atomic E-state index is 12.6. The summed E-state index contributed by atoms with van der Waals surface area (Å²) in [5.74, 6) is -1.09. The van der Waals surface area contributed by atoms with E-state index >= 15 is 0 Å². The second-order valence-corrected chi connectivity index (χ2v) is 7.12. The molecule has 0 fully saturated rings. The molecule has 0 aliphatic carbocycles. The van der Waals surface area contributed by atoms with E-state index in [0.717, 1.165) is 11.1 Å². The average molecular weight is 319 g/mol. The van der Waals surface area contributed by atoms with Crippen LogP contribution in [0.1, 0.15) is 21.5 Å². The van der Waals surface area contributed by atoms with E-state index in [2.05, 4.69) is 0 Å². The Bertz CT molecular complexity index is 790. The van der Waals surface area contributed by atoms with E-state index in [1.54, 1.807) is 12.1 Å². The molecule has 0 saturated carbocycles. The van der Waals surface area contributed by atoms with Crippen LogP contribution in [0.3, 0.4) is 0 Å². The van der Waals surface area contributed by atoms with Crippen molar-refractivity contribution < 1.29 is 18.3 Å². The van der Waals surface area contributed by atoms with Gasteiger partial charge in [-0.05, 0) is 61.4 Å². The second-order valence-electron chi connectivity index (χ2n) is 5.15. The minimum Gasteiger partial charge on any atom is -0.478 e. The van der Waals surface area contributed by atoms with Gasteiger partial charge in [-0.15, -0.1) is 0 Å². The molecule has 22 heavy (non-hydrogen) atoms. The number of hydrogen-bond acceptors (Lipinski definition) is 3. The van der Waals surface area contributed by atoms with Crippen molar-refractivity contribution in [3.63, 3.8) is 0 Å². The molecule has 2 rings (SSSR count). The summed E-state index contributed by atoms with van der Waals surface area (Å²) in [7, 11) is -2.25. The second kappa shape index (κ2) is 5.81. The van der Waals surface area contributed by atoms with Crippen LogP contribution in [0.15, 0.2) is 47.4 Å². The van der Waals surface area contributed by atoms with E-state index in [1.807, 2.05) is 19.9 Å². The van der Waals surface area contributed by atoms with E-state index in [1.165, 1.54) is 35.6 Å². The molecule has 0 aliphatic heterocycles. The monoisotopic (exact) mass is 319 g/mol. The molecule has 5 nitrogen and oxygen atoms in total. The van der Waals surface area contributed by atoms with E-state index in [0.29, 0.717) is 5.69 Å². The Morgan fingerprint density at radius 2 is 1.50 bits per heavy atom. The fraction of sp³-hybridized carbons (Fsp3) is 0.188. The standard InChI is InChI=1S/C16H17NO4S/c1-11-8-12(2)10-14(9-11)17(3)22(20,21)15-6-4-13(5-7-15)16(18)19/h4-10H,1-3H3,(H,18,19). The molecule has 0 aliphatic rings. The Morgan fingerprint density at radius 3 is 1.95 bits per heavy atom. The predicted octanol–water partition coefficient (Wildman–Crippen LogP) is 2.83. The molecule has 0 saturated heterocycles. The zero-order valence-electron chi connectivity index (χ0n) is 12.6. The van der Waals surface area contributed by atoms with Gasteiger partial charge in [-0.25, -0.2) is 13.2 Å². The Labute approximate surface area is 129 Å². The third-order valence-corrected chi connectivity index (χ3v) is 5.13. The number of aromatic carboxylic acids is 1. The molecule has 0 amide bonds. The van der Waals surface area contributed by atoms with Gasteiger partial charge in [-0.2, -0.15) is 0 Å². The van der Waals surface area contributed by atoms with Crippen LogP contribution in [-0.4, -0.2) is 26.5 Å². The van der Waals surface area contributed by atoms with Crippen molar-refractivity contribution >= 4 is 21.7 Å². The predicted molar refractivity (Wildman–Crippen MR) is 84.9 cm³/mol. The molecular formula is C16H17NO4S. The lowest BCUT2D eigenvalue weighted by molar-refractivity contribution is 0.0696. The normalized spacial score (nSPS) is 11.2. The smallest absolute Gasteiger partial charge is 0.335 e. The first-order chi connectivity index (χ1) is 10.2. The van der Waals surface area contributed by atoms with Crippen molar-refractivity contribution in [2.24, 2.45) is 0 Å². The van der Waals surface area contributed by atoms with E-state index in [4.69, 9.17) is 5.11 Å². The van der Waals surface area contributed by atoms with Crippen LogP contribution >= 0.6 is 0 Å². The number of aryl methyl sites for hydroxylation is 2. The maximum Gasteiger partial charge on any atom is 0.335 e. The zero-order chi connectivity index (χ0) is 16.5. The van der Waals surface area contributed by atoms with Crippen molar-refractivity contribution in [3.05, 3.63) is 59.2 Å². The van der Waals surface area contributed by atoms with Crippen molar-refractivity contribution in [3.8, 4) is 0 Å². The molecule has 0 heterocycles. The van der Waals surface area contributed by atoms with Crippen LogP contribution in [-0.2, 0) is 10.0 Å². The number of carboxylic acid groups (broad SMARTS) is 1. The van der Waals surface area contributed by atoms with Gasteiger partial charge < -0.3 is 5.11 Å². The Morgan fingerprint density at radius 1 is 1.00 bits per heavy atom. The highest BCUT2D eigenvalue weighted by Crippen LogP contribution is 2.24. The summed E-state index contributed by atoms with van der Waals surface area (Å²) in [6, 6.07) is 10.7. The highest BCUT2D eigenvalue weighted by molar-refractivity contribution is 7.92. The van der Waals surface area contributed by atoms with Gasteiger partial charge in [0, 0.05) is 7.05 Å². The van der Waals surface area contributed by atoms with Gasteiger partial charge in [0.05, 0.1) is 16.1 Å². The highest BCUT2D eigenvalue weighted by atomic mass is 32.2. The number of nitrogens with zero attached hydrogens (tertiary/aromatic N) is 1. The lowest BCUT2D eigenvalue weighted by Gasteiger charge is -2.20. The van der Waals surface area contributed by atoms with Crippen LogP contribution in [0.2, 0.25) is 0 Å². The SMILES string of the molecule is Cc1cc(C)cc(N(C)S(=O)(=O)c2ccc(C(=O)O)cc2)c1. The van der Waals surface area contributed by atoms with Gasteiger partial charge >= 0.3 is 5.97 Å². The summed E-state index contributed by atoms with van der Waals surface area (Å²) in [6.45, 7) is 3.80. The molecule has 0 radical (unpaired) electrons. The third kappa shape index (κ3) is 3.12. The Kier molecular flexibility index (Phi) is 4.23. The van der Waals surface area contributed by atoms with Crippen LogP contribution in [0.5, 0.6) is 0 Å². The number of carboxylic acids is 1. The fourth-order valence-electron chi connectivity index (χ4n) is 2.20. The van der Waals surface area contributed by atoms with Crippen molar-refractivity contribution in [1.29, 1.82) is 0 Å². The molecule has 0 unspecified atom stereocenters. The summed E-state index contributed by atoms with van der Waals surface area (Å²) < 4.78 is 26.4. The Hall–Kier alpha value is -2.34. The van der Waals surface area contributed by atoms with Crippen molar-refractivity contribution in [2.45, 2.75) is 18.7 Å². The molecule has 6 heteroatoms. The van der Waals surface area contributed by atoms with Crippen LogP contribution in [0, 0.1) is 13.8 Å². The number of carbonyl (C=O) groups is 1.